The number of fused-ring (bicyclic) bond motifs is 1. The highest BCUT2D eigenvalue weighted by molar-refractivity contribution is 7.15. The minimum atomic E-state index is 0.280. The number of imidazole rings is 1. The van der Waals surface area contributed by atoms with Crippen molar-refractivity contribution >= 4 is 34.4 Å². The molecule has 0 fully saturated rings. The number of aryl methyl sites for hydroxylation is 1. The molecular weight excluding hydrogens is 246 g/mol. The van der Waals surface area contributed by atoms with Crippen LogP contribution in [0.15, 0.2) is 23.8 Å². The fraction of sp³-hybridized carbons (Fsp3) is 0.0833. The van der Waals surface area contributed by atoms with Crippen molar-refractivity contribution in [2.24, 2.45) is 0 Å². The molecule has 18 heavy (non-hydrogen) atoms. The van der Waals surface area contributed by atoms with Crippen molar-refractivity contribution in [1.82, 2.24) is 19.4 Å². The third-order valence-electron chi connectivity index (χ3n) is 2.59. The maximum Gasteiger partial charge on any atom is 0.220 e. The molecule has 3 aromatic heterocycles. The van der Waals surface area contributed by atoms with Crippen molar-refractivity contribution in [3.8, 4) is 0 Å². The van der Waals surface area contributed by atoms with Gasteiger partial charge in [0.05, 0.1) is 17.1 Å². The van der Waals surface area contributed by atoms with E-state index in [1.165, 1.54) is 0 Å². The summed E-state index contributed by atoms with van der Waals surface area (Å²) >= 11 is 1.62. The molecule has 0 aromatic carbocycles. The third-order valence-corrected chi connectivity index (χ3v) is 3.35. The maximum absolute atomic E-state index is 5.54. The Morgan fingerprint density at radius 1 is 1.33 bits per heavy atom. The molecule has 6 heteroatoms. The zero-order valence-corrected chi connectivity index (χ0v) is 10.6. The molecule has 0 radical (unpaired) electrons. The van der Waals surface area contributed by atoms with Gasteiger partial charge in [-0.25, -0.2) is 15.0 Å². The lowest BCUT2D eigenvalue weighted by Crippen LogP contribution is -1.94. The lowest BCUT2D eigenvalue weighted by atomic mass is 10.3. The minimum Gasteiger partial charge on any atom is -0.368 e. The van der Waals surface area contributed by atoms with Gasteiger partial charge in [0.2, 0.25) is 5.95 Å². The molecule has 5 nitrogen and oxygen atoms in total. The molecule has 0 aliphatic carbocycles. The van der Waals surface area contributed by atoms with Gasteiger partial charge in [-0.3, -0.25) is 4.40 Å². The Morgan fingerprint density at radius 2 is 2.22 bits per heavy atom. The van der Waals surface area contributed by atoms with Gasteiger partial charge < -0.3 is 5.73 Å². The summed E-state index contributed by atoms with van der Waals surface area (Å²) < 4.78 is 2.06. The fourth-order valence-electron chi connectivity index (χ4n) is 1.76. The Kier molecular flexibility index (Phi) is 2.56. The van der Waals surface area contributed by atoms with Crippen LogP contribution in [0.5, 0.6) is 0 Å². The van der Waals surface area contributed by atoms with E-state index in [1.807, 2.05) is 36.7 Å². The first-order valence-corrected chi connectivity index (χ1v) is 6.31. The molecule has 0 aliphatic heterocycles. The summed E-state index contributed by atoms with van der Waals surface area (Å²) in [4.78, 5) is 13.5. The second kappa shape index (κ2) is 4.23. The topological polar surface area (TPSA) is 69.1 Å². The second-order valence-corrected chi connectivity index (χ2v) is 4.68. The van der Waals surface area contributed by atoms with Crippen LogP contribution in [0.1, 0.15) is 17.1 Å². The summed E-state index contributed by atoms with van der Waals surface area (Å²) in [5.74, 6) is 0.280. The fourth-order valence-corrected chi connectivity index (χ4v) is 2.52. The second-order valence-electron chi connectivity index (χ2n) is 3.81. The number of nitrogens with two attached hydrogens (primary N) is 1. The van der Waals surface area contributed by atoms with E-state index in [0.29, 0.717) is 0 Å². The van der Waals surface area contributed by atoms with E-state index in [1.54, 1.807) is 17.5 Å². The van der Waals surface area contributed by atoms with Crippen molar-refractivity contribution in [2.45, 2.75) is 6.92 Å². The predicted octanol–water partition coefficient (Wildman–Crippen LogP) is 2.25. The van der Waals surface area contributed by atoms with E-state index in [2.05, 4.69) is 19.4 Å². The van der Waals surface area contributed by atoms with Crippen molar-refractivity contribution in [3.63, 3.8) is 0 Å². The van der Waals surface area contributed by atoms with Gasteiger partial charge >= 0.3 is 0 Å². The Bertz CT molecular complexity index is 725. The number of hydrogen-bond acceptors (Lipinski definition) is 5. The van der Waals surface area contributed by atoms with Gasteiger partial charge in [-0.2, -0.15) is 0 Å². The van der Waals surface area contributed by atoms with Crippen LogP contribution in [0, 0.1) is 6.92 Å². The Hall–Kier alpha value is -2.21. The SMILES string of the molecule is Cc1nc2sccn2c1/C=C/c1ccnc(N)n1. The molecule has 3 rings (SSSR count). The first kappa shape index (κ1) is 10.9. The van der Waals surface area contributed by atoms with Gasteiger partial charge in [0.15, 0.2) is 4.96 Å². The van der Waals surface area contributed by atoms with Crippen molar-refractivity contribution in [1.29, 1.82) is 0 Å². The normalized spacial score (nSPS) is 11.6. The van der Waals surface area contributed by atoms with E-state index in [9.17, 15) is 0 Å². The number of rotatable bonds is 2. The van der Waals surface area contributed by atoms with Gasteiger partial charge in [0, 0.05) is 17.8 Å². The zero-order valence-electron chi connectivity index (χ0n) is 9.74. The molecule has 3 aromatic rings. The van der Waals surface area contributed by atoms with E-state index < -0.39 is 0 Å². The smallest absolute Gasteiger partial charge is 0.220 e. The van der Waals surface area contributed by atoms with Gasteiger partial charge in [-0.15, -0.1) is 11.3 Å². The molecular formula is C12H11N5S. The lowest BCUT2D eigenvalue weighted by molar-refractivity contribution is 1.17. The average molecular weight is 257 g/mol. The zero-order chi connectivity index (χ0) is 12.5. The first-order chi connectivity index (χ1) is 8.74. The summed E-state index contributed by atoms with van der Waals surface area (Å²) in [5.41, 5.74) is 8.38. The standard InChI is InChI=1S/C12H11N5S/c1-8-10(17-6-7-18-12(17)15-8)3-2-9-4-5-14-11(13)16-9/h2-7H,1H3,(H2,13,14,16)/b3-2+. The summed E-state index contributed by atoms with van der Waals surface area (Å²) in [6.07, 6.45) is 7.55. The third kappa shape index (κ3) is 1.86. The number of thiazole rings is 1. The molecule has 2 N–H and O–H groups in total. The molecule has 0 saturated carbocycles. The summed E-state index contributed by atoms with van der Waals surface area (Å²) in [5, 5.41) is 2.02. The molecule has 0 aliphatic rings. The maximum atomic E-state index is 5.54. The highest BCUT2D eigenvalue weighted by atomic mass is 32.1. The quantitative estimate of drug-likeness (QED) is 0.764. The number of nitrogen functional groups attached to an aromatic ring is 1. The number of nitrogens with zero attached hydrogens (tertiary/aromatic N) is 4. The van der Waals surface area contributed by atoms with Crippen LogP contribution in [-0.4, -0.2) is 19.4 Å². The molecule has 0 saturated heterocycles. The first-order valence-electron chi connectivity index (χ1n) is 5.43. The number of hydrogen-bond donors (Lipinski definition) is 1. The highest BCUT2D eigenvalue weighted by Crippen LogP contribution is 2.18. The van der Waals surface area contributed by atoms with Crippen LogP contribution >= 0.6 is 11.3 Å². The van der Waals surface area contributed by atoms with Crippen LogP contribution in [0.4, 0.5) is 5.95 Å². The molecule has 3 heterocycles. The van der Waals surface area contributed by atoms with Crippen LogP contribution in [0.25, 0.3) is 17.1 Å². The van der Waals surface area contributed by atoms with Crippen LogP contribution in [-0.2, 0) is 0 Å². The summed E-state index contributed by atoms with van der Waals surface area (Å²) in [6, 6.07) is 1.81. The predicted molar refractivity (Wildman–Crippen MR) is 73.2 cm³/mol. The average Bonchev–Trinajstić information content (AvgIpc) is 2.87. The van der Waals surface area contributed by atoms with Crippen molar-refractivity contribution in [2.75, 3.05) is 5.73 Å². The largest absolute Gasteiger partial charge is 0.368 e. The molecule has 0 amide bonds. The van der Waals surface area contributed by atoms with E-state index in [4.69, 9.17) is 5.73 Å². The van der Waals surface area contributed by atoms with Crippen LogP contribution < -0.4 is 5.73 Å². The lowest BCUT2D eigenvalue weighted by Gasteiger charge is -1.95. The number of anilines is 1. The molecule has 0 spiro atoms. The molecule has 90 valence electrons. The number of aromatic nitrogens is 4. The molecule has 0 bridgehead atoms. The van der Waals surface area contributed by atoms with Gasteiger partial charge in [-0.05, 0) is 25.1 Å². The van der Waals surface area contributed by atoms with Crippen LogP contribution in [0.3, 0.4) is 0 Å². The highest BCUT2D eigenvalue weighted by Gasteiger charge is 2.06. The van der Waals surface area contributed by atoms with Crippen LogP contribution in [0.2, 0.25) is 0 Å². The Labute approximate surface area is 108 Å². The van der Waals surface area contributed by atoms with Gasteiger partial charge in [-0.1, -0.05) is 0 Å². The van der Waals surface area contributed by atoms with E-state index in [0.717, 1.165) is 22.0 Å². The van der Waals surface area contributed by atoms with E-state index >= 15 is 0 Å². The Morgan fingerprint density at radius 3 is 3.06 bits per heavy atom. The monoisotopic (exact) mass is 257 g/mol. The van der Waals surface area contributed by atoms with Gasteiger partial charge in [0.25, 0.3) is 0 Å². The Balaban J connectivity index is 2.01. The van der Waals surface area contributed by atoms with Crippen molar-refractivity contribution < 1.29 is 0 Å². The van der Waals surface area contributed by atoms with Crippen molar-refractivity contribution in [3.05, 3.63) is 40.9 Å². The van der Waals surface area contributed by atoms with E-state index in [-0.39, 0.29) is 5.95 Å². The molecule has 0 atom stereocenters. The minimum absolute atomic E-state index is 0.280. The summed E-state index contributed by atoms with van der Waals surface area (Å²) in [7, 11) is 0. The summed E-state index contributed by atoms with van der Waals surface area (Å²) in [6.45, 7) is 1.99. The molecule has 0 unspecified atom stereocenters. The van der Waals surface area contributed by atoms with Gasteiger partial charge in [0.1, 0.15) is 0 Å².